The first kappa shape index (κ1) is 17.7. The molecule has 1 aromatic carbocycles. The van der Waals surface area contributed by atoms with E-state index in [1.54, 1.807) is 0 Å². The smallest absolute Gasteiger partial charge is 0.375 e. The van der Waals surface area contributed by atoms with Gasteiger partial charge in [0.15, 0.2) is 0 Å². The molecule has 7 heteroatoms. The van der Waals surface area contributed by atoms with Gasteiger partial charge in [0.05, 0.1) is 19.8 Å². The van der Waals surface area contributed by atoms with Crippen LogP contribution in [0.25, 0.3) is 0 Å². The Balaban J connectivity index is 1.60. The molecule has 0 aliphatic carbocycles. The van der Waals surface area contributed by atoms with Gasteiger partial charge < -0.3 is 4.74 Å². The molecule has 0 unspecified atom stereocenters. The van der Waals surface area contributed by atoms with Crippen molar-refractivity contribution in [2.45, 2.75) is 12.8 Å². The van der Waals surface area contributed by atoms with Gasteiger partial charge in [-0.25, -0.2) is 0 Å². The third kappa shape index (κ3) is 6.24. The van der Waals surface area contributed by atoms with Gasteiger partial charge in [-0.2, -0.15) is 13.2 Å². The Labute approximate surface area is 137 Å². The topological polar surface area (TPSA) is 15.7 Å². The van der Waals surface area contributed by atoms with Gasteiger partial charge in [0, 0.05) is 37.2 Å². The summed E-state index contributed by atoms with van der Waals surface area (Å²) < 4.78 is 43.6. The minimum atomic E-state index is -4.10. The highest BCUT2D eigenvalue weighted by Gasteiger charge is 2.31. The molecule has 22 heavy (non-hydrogen) atoms. The van der Waals surface area contributed by atoms with Crippen molar-refractivity contribution in [2.75, 3.05) is 45.9 Å². The van der Waals surface area contributed by atoms with Crippen LogP contribution in [0.3, 0.4) is 0 Å². The third-order valence-corrected chi connectivity index (χ3v) is 4.41. The fraction of sp³-hybridized carbons (Fsp3) is 0.600. The maximum Gasteiger partial charge on any atom is 0.401 e. The van der Waals surface area contributed by atoms with Gasteiger partial charge in [-0.3, -0.25) is 9.80 Å². The van der Waals surface area contributed by atoms with Gasteiger partial charge in [0.2, 0.25) is 0 Å². The van der Waals surface area contributed by atoms with Gasteiger partial charge in [0.1, 0.15) is 0 Å². The van der Waals surface area contributed by atoms with Crippen molar-refractivity contribution in [3.63, 3.8) is 0 Å². The van der Waals surface area contributed by atoms with Crippen LogP contribution in [0, 0.1) is 0 Å². The SMILES string of the molecule is FC(F)(F)CN1CCN(CCOCc2ccccc2Br)CC1. The average Bonchev–Trinajstić information content (AvgIpc) is 2.45. The van der Waals surface area contributed by atoms with E-state index in [9.17, 15) is 13.2 Å². The summed E-state index contributed by atoms with van der Waals surface area (Å²) in [6.07, 6.45) is -4.10. The monoisotopic (exact) mass is 380 g/mol. The Morgan fingerprint density at radius 2 is 1.68 bits per heavy atom. The molecular formula is C15H20BrF3N2O. The fourth-order valence-electron chi connectivity index (χ4n) is 2.42. The second-order valence-corrected chi connectivity index (χ2v) is 6.23. The third-order valence-electron chi connectivity index (χ3n) is 3.64. The van der Waals surface area contributed by atoms with E-state index in [1.807, 2.05) is 24.3 Å². The molecule has 2 rings (SSSR count). The van der Waals surface area contributed by atoms with Crippen LogP contribution in [0.1, 0.15) is 5.56 Å². The van der Waals surface area contributed by atoms with E-state index in [4.69, 9.17) is 4.74 Å². The first-order valence-electron chi connectivity index (χ1n) is 7.27. The summed E-state index contributed by atoms with van der Waals surface area (Å²) in [4.78, 5) is 3.60. The van der Waals surface area contributed by atoms with Crippen molar-refractivity contribution in [3.8, 4) is 0 Å². The lowest BCUT2D eigenvalue weighted by atomic mass is 10.2. The molecule has 1 fully saturated rings. The van der Waals surface area contributed by atoms with Crippen molar-refractivity contribution >= 4 is 15.9 Å². The minimum Gasteiger partial charge on any atom is -0.375 e. The lowest BCUT2D eigenvalue weighted by molar-refractivity contribution is -0.149. The number of hydrogen-bond acceptors (Lipinski definition) is 3. The molecule has 0 saturated carbocycles. The summed E-state index contributed by atoms with van der Waals surface area (Å²) in [5.74, 6) is 0. The first-order valence-corrected chi connectivity index (χ1v) is 8.06. The quantitative estimate of drug-likeness (QED) is 0.705. The Bertz CT molecular complexity index is 462. The Kier molecular flexibility index (Phi) is 6.67. The van der Waals surface area contributed by atoms with Crippen LogP contribution in [0.2, 0.25) is 0 Å². The number of benzene rings is 1. The van der Waals surface area contributed by atoms with Crippen molar-refractivity contribution in [3.05, 3.63) is 34.3 Å². The normalized spacial score (nSPS) is 17.8. The summed E-state index contributed by atoms with van der Waals surface area (Å²) in [6, 6.07) is 7.88. The summed E-state index contributed by atoms with van der Waals surface area (Å²) in [5.41, 5.74) is 1.09. The molecule has 0 N–H and O–H groups in total. The predicted molar refractivity (Wildman–Crippen MR) is 82.7 cm³/mol. The molecule has 3 nitrogen and oxygen atoms in total. The molecule has 0 atom stereocenters. The van der Waals surface area contributed by atoms with Gasteiger partial charge in [-0.15, -0.1) is 0 Å². The van der Waals surface area contributed by atoms with Crippen LogP contribution >= 0.6 is 15.9 Å². The zero-order valence-corrected chi connectivity index (χ0v) is 13.9. The first-order chi connectivity index (χ1) is 10.4. The van der Waals surface area contributed by atoms with Crippen LogP contribution < -0.4 is 0 Å². The number of hydrogen-bond donors (Lipinski definition) is 0. The maximum atomic E-state index is 12.3. The molecule has 1 saturated heterocycles. The summed E-state index contributed by atoms with van der Waals surface area (Å²) in [6.45, 7) is 3.32. The van der Waals surface area contributed by atoms with Gasteiger partial charge >= 0.3 is 6.18 Å². The Hall–Kier alpha value is -0.630. The standard InChI is InChI=1S/C15H20BrF3N2O/c16-14-4-2-1-3-13(14)11-22-10-9-20-5-7-21(8-6-20)12-15(17,18)19/h1-4H,5-12H2. The number of rotatable bonds is 6. The van der Waals surface area contributed by atoms with E-state index in [0.29, 0.717) is 39.4 Å². The molecular weight excluding hydrogens is 361 g/mol. The van der Waals surface area contributed by atoms with E-state index < -0.39 is 12.7 Å². The van der Waals surface area contributed by atoms with Gasteiger partial charge in [-0.1, -0.05) is 34.1 Å². The van der Waals surface area contributed by atoms with Crippen LogP contribution in [-0.4, -0.2) is 61.9 Å². The molecule has 0 aromatic heterocycles. The molecule has 0 bridgehead atoms. The zero-order chi connectivity index (χ0) is 16.0. The number of ether oxygens (including phenoxy) is 1. The average molecular weight is 381 g/mol. The molecule has 0 amide bonds. The van der Waals surface area contributed by atoms with Crippen LogP contribution in [0.15, 0.2) is 28.7 Å². The highest BCUT2D eigenvalue weighted by atomic mass is 79.9. The summed E-state index contributed by atoms with van der Waals surface area (Å²) in [5, 5.41) is 0. The summed E-state index contributed by atoms with van der Waals surface area (Å²) in [7, 11) is 0. The second-order valence-electron chi connectivity index (χ2n) is 5.38. The number of halogens is 4. The number of piperazine rings is 1. The van der Waals surface area contributed by atoms with E-state index in [1.165, 1.54) is 4.90 Å². The fourth-order valence-corrected chi connectivity index (χ4v) is 2.82. The molecule has 1 heterocycles. The van der Waals surface area contributed by atoms with Gasteiger partial charge in [0.25, 0.3) is 0 Å². The molecule has 1 aliphatic heterocycles. The van der Waals surface area contributed by atoms with E-state index in [2.05, 4.69) is 20.8 Å². The second kappa shape index (κ2) is 8.29. The molecule has 124 valence electrons. The molecule has 0 radical (unpaired) electrons. The molecule has 0 spiro atoms. The van der Waals surface area contributed by atoms with Crippen molar-refractivity contribution < 1.29 is 17.9 Å². The van der Waals surface area contributed by atoms with Crippen molar-refractivity contribution in [2.24, 2.45) is 0 Å². The lowest BCUT2D eigenvalue weighted by Gasteiger charge is -2.34. The van der Waals surface area contributed by atoms with Crippen LogP contribution in [0.5, 0.6) is 0 Å². The van der Waals surface area contributed by atoms with Crippen molar-refractivity contribution in [1.82, 2.24) is 9.80 Å². The Morgan fingerprint density at radius 1 is 1.05 bits per heavy atom. The number of alkyl halides is 3. The lowest BCUT2D eigenvalue weighted by Crippen LogP contribution is -2.49. The molecule has 1 aromatic rings. The van der Waals surface area contributed by atoms with Crippen molar-refractivity contribution in [1.29, 1.82) is 0 Å². The Morgan fingerprint density at radius 3 is 2.32 bits per heavy atom. The minimum absolute atomic E-state index is 0.462. The largest absolute Gasteiger partial charge is 0.401 e. The zero-order valence-electron chi connectivity index (χ0n) is 12.3. The van der Waals surface area contributed by atoms with Crippen LogP contribution in [-0.2, 0) is 11.3 Å². The van der Waals surface area contributed by atoms with E-state index in [0.717, 1.165) is 16.6 Å². The number of nitrogens with zero attached hydrogens (tertiary/aromatic N) is 2. The van der Waals surface area contributed by atoms with Crippen LogP contribution in [0.4, 0.5) is 13.2 Å². The van der Waals surface area contributed by atoms with Gasteiger partial charge in [-0.05, 0) is 11.6 Å². The summed E-state index contributed by atoms with van der Waals surface area (Å²) >= 11 is 3.47. The highest BCUT2D eigenvalue weighted by molar-refractivity contribution is 9.10. The predicted octanol–water partition coefficient (Wildman–Crippen LogP) is 3.15. The highest BCUT2D eigenvalue weighted by Crippen LogP contribution is 2.18. The molecule has 1 aliphatic rings. The van der Waals surface area contributed by atoms with E-state index >= 15 is 0 Å². The maximum absolute atomic E-state index is 12.3. The van der Waals surface area contributed by atoms with E-state index in [-0.39, 0.29) is 0 Å².